The molecule has 4 nitrogen and oxygen atoms in total. The summed E-state index contributed by atoms with van der Waals surface area (Å²) in [5.74, 6) is -0.0153. The van der Waals surface area contributed by atoms with E-state index in [1.807, 2.05) is 13.8 Å². The normalized spacial score (nSPS) is 14.5. The lowest BCUT2D eigenvalue weighted by molar-refractivity contribution is -0.385. The topological polar surface area (TPSA) is 69.2 Å². The van der Waals surface area contributed by atoms with Crippen molar-refractivity contribution in [3.63, 3.8) is 0 Å². The van der Waals surface area contributed by atoms with Crippen molar-refractivity contribution in [1.82, 2.24) is 0 Å². The van der Waals surface area contributed by atoms with Crippen molar-refractivity contribution in [3.8, 4) is 0 Å². The Bertz CT molecular complexity index is 396. The first kappa shape index (κ1) is 13.1. The zero-order valence-electron chi connectivity index (χ0n) is 9.31. The van der Waals surface area contributed by atoms with Gasteiger partial charge in [-0.15, -0.1) is 0 Å². The summed E-state index contributed by atoms with van der Waals surface area (Å²) >= 11 is 3.23. The van der Waals surface area contributed by atoms with E-state index in [0.29, 0.717) is 10.0 Å². The maximum atomic E-state index is 10.9. The molecular formula is C11H15BrN2O2. The molecule has 0 aromatic heterocycles. The molecule has 1 aromatic carbocycles. The zero-order chi connectivity index (χ0) is 12.3. The van der Waals surface area contributed by atoms with E-state index < -0.39 is 0 Å². The predicted octanol–water partition coefficient (Wildman–Crippen LogP) is 3.20. The van der Waals surface area contributed by atoms with Gasteiger partial charge in [-0.05, 0) is 12.5 Å². The summed E-state index contributed by atoms with van der Waals surface area (Å²) in [4.78, 5) is 10.6. The Morgan fingerprint density at radius 1 is 1.56 bits per heavy atom. The number of benzene rings is 1. The van der Waals surface area contributed by atoms with Crippen molar-refractivity contribution < 1.29 is 4.92 Å². The molecule has 0 amide bonds. The average molecular weight is 287 g/mol. The molecule has 5 heteroatoms. The lowest BCUT2D eigenvalue weighted by atomic mass is 9.91. The maximum Gasteiger partial charge on any atom is 0.274 e. The summed E-state index contributed by atoms with van der Waals surface area (Å²) in [5, 5.41) is 10.9. The second kappa shape index (κ2) is 5.41. The summed E-state index contributed by atoms with van der Waals surface area (Å²) in [6.07, 6.45) is 0.800. The van der Waals surface area contributed by atoms with Crippen LogP contribution in [0.5, 0.6) is 0 Å². The van der Waals surface area contributed by atoms with Crippen molar-refractivity contribution >= 4 is 21.6 Å². The molecule has 0 saturated carbocycles. The van der Waals surface area contributed by atoms with Gasteiger partial charge in [0.05, 0.1) is 4.92 Å². The SMILES string of the molecule is CCC(N)C(C)c1ccc(Br)cc1[N+](=O)[O-]. The van der Waals surface area contributed by atoms with Crippen molar-refractivity contribution in [2.45, 2.75) is 32.2 Å². The van der Waals surface area contributed by atoms with Gasteiger partial charge in [-0.3, -0.25) is 10.1 Å². The van der Waals surface area contributed by atoms with Crippen LogP contribution in [0.4, 0.5) is 5.69 Å². The van der Waals surface area contributed by atoms with Gasteiger partial charge >= 0.3 is 0 Å². The minimum absolute atomic E-state index is 0.0153. The van der Waals surface area contributed by atoms with Crippen LogP contribution in [-0.4, -0.2) is 11.0 Å². The zero-order valence-corrected chi connectivity index (χ0v) is 10.9. The Labute approximate surface area is 103 Å². The van der Waals surface area contributed by atoms with Gasteiger partial charge < -0.3 is 5.73 Å². The molecule has 88 valence electrons. The third-order valence-corrected chi connectivity index (χ3v) is 3.29. The van der Waals surface area contributed by atoms with Gasteiger partial charge in [0.25, 0.3) is 5.69 Å². The number of halogens is 1. The molecular weight excluding hydrogens is 272 g/mol. The van der Waals surface area contributed by atoms with Crippen LogP contribution in [-0.2, 0) is 0 Å². The number of rotatable bonds is 4. The molecule has 0 fully saturated rings. The average Bonchev–Trinajstić information content (AvgIpc) is 2.26. The van der Waals surface area contributed by atoms with Crippen molar-refractivity contribution in [2.75, 3.05) is 0 Å². The number of nitrogens with zero attached hydrogens (tertiary/aromatic N) is 1. The number of nitrogens with two attached hydrogens (primary N) is 1. The smallest absolute Gasteiger partial charge is 0.274 e. The van der Waals surface area contributed by atoms with Gasteiger partial charge in [-0.25, -0.2) is 0 Å². The van der Waals surface area contributed by atoms with Crippen LogP contribution < -0.4 is 5.73 Å². The van der Waals surface area contributed by atoms with E-state index in [9.17, 15) is 10.1 Å². The highest BCUT2D eigenvalue weighted by atomic mass is 79.9. The molecule has 2 unspecified atom stereocenters. The van der Waals surface area contributed by atoms with Crippen LogP contribution in [0.3, 0.4) is 0 Å². The van der Waals surface area contributed by atoms with E-state index in [-0.39, 0.29) is 22.6 Å². The molecule has 2 N–H and O–H groups in total. The van der Waals surface area contributed by atoms with Crippen LogP contribution in [0.2, 0.25) is 0 Å². The quantitative estimate of drug-likeness (QED) is 0.683. The molecule has 0 radical (unpaired) electrons. The molecule has 16 heavy (non-hydrogen) atoms. The first-order valence-corrected chi connectivity index (χ1v) is 5.96. The van der Waals surface area contributed by atoms with E-state index in [4.69, 9.17) is 5.73 Å². The summed E-state index contributed by atoms with van der Waals surface area (Å²) in [5.41, 5.74) is 6.75. The van der Waals surface area contributed by atoms with Gasteiger partial charge in [0.15, 0.2) is 0 Å². The third kappa shape index (κ3) is 2.80. The Morgan fingerprint density at radius 2 is 2.19 bits per heavy atom. The second-order valence-electron chi connectivity index (χ2n) is 3.82. The third-order valence-electron chi connectivity index (χ3n) is 2.79. The molecule has 1 rings (SSSR count). The number of nitro groups is 1. The fourth-order valence-corrected chi connectivity index (χ4v) is 1.99. The van der Waals surface area contributed by atoms with Crippen molar-refractivity contribution in [1.29, 1.82) is 0 Å². The predicted molar refractivity (Wildman–Crippen MR) is 67.5 cm³/mol. The number of nitro benzene ring substituents is 1. The van der Waals surface area contributed by atoms with Crippen molar-refractivity contribution in [3.05, 3.63) is 38.3 Å². The lowest BCUT2D eigenvalue weighted by Gasteiger charge is -2.18. The molecule has 0 saturated heterocycles. The van der Waals surface area contributed by atoms with Crippen LogP contribution in [0, 0.1) is 10.1 Å². The maximum absolute atomic E-state index is 10.9. The summed E-state index contributed by atoms with van der Waals surface area (Å²) < 4.78 is 0.709. The Hall–Kier alpha value is -0.940. The van der Waals surface area contributed by atoms with Gasteiger partial charge in [0.1, 0.15) is 0 Å². The first-order chi connectivity index (χ1) is 7.47. The molecule has 0 heterocycles. The summed E-state index contributed by atoms with van der Waals surface area (Å²) in [6.45, 7) is 3.90. The van der Waals surface area contributed by atoms with E-state index in [2.05, 4.69) is 15.9 Å². The standard InChI is InChI=1S/C11H15BrN2O2/c1-3-10(13)7(2)9-5-4-8(12)6-11(9)14(15)16/h4-7,10H,3,13H2,1-2H3. The monoisotopic (exact) mass is 286 g/mol. The molecule has 0 spiro atoms. The highest BCUT2D eigenvalue weighted by Crippen LogP contribution is 2.31. The molecule has 1 aromatic rings. The summed E-state index contributed by atoms with van der Waals surface area (Å²) in [7, 11) is 0. The first-order valence-electron chi connectivity index (χ1n) is 5.16. The van der Waals surface area contributed by atoms with Gasteiger partial charge in [-0.2, -0.15) is 0 Å². The van der Waals surface area contributed by atoms with Crippen molar-refractivity contribution in [2.24, 2.45) is 5.73 Å². The fraction of sp³-hybridized carbons (Fsp3) is 0.455. The highest BCUT2D eigenvalue weighted by molar-refractivity contribution is 9.10. The number of hydrogen-bond donors (Lipinski definition) is 1. The summed E-state index contributed by atoms with van der Waals surface area (Å²) in [6, 6.07) is 5.04. The molecule has 0 aliphatic rings. The minimum atomic E-state index is -0.362. The highest BCUT2D eigenvalue weighted by Gasteiger charge is 2.22. The number of hydrogen-bond acceptors (Lipinski definition) is 3. The van der Waals surface area contributed by atoms with Crippen LogP contribution in [0.1, 0.15) is 31.7 Å². The molecule has 0 aliphatic carbocycles. The van der Waals surface area contributed by atoms with Gasteiger partial charge in [-0.1, -0.05) is 35.8 Å². The Balaban J connectivity index is 3.17. The molecule has 0 bridgehead atoms. The Kier molecular flexibility index (Phi) is 4.44. The lowest BCUT2D eigenvalue weighted by Crippen LogP contribution is -2.26. The largest absolute Gasteiger partial charge is 0.327 e. The van der Waals surface area contributed by atoms with Crippen LogP contribution in [0.15, 0.2) is 22.7 Å². The van der Waals surface area contributed by atoms with Gasteiger partial charge in [0.2, 0.25) is 0 Å². The minimum Gasteiger partial charge on any atom is -0.327 e. The van der Waals surface area contributed by atoms with Crippen LogP contribution >= 0.6 is 15.9 Å². The van der Waals surface area contributed by atoms with E-state index in [1.165, 1.54) is 6.07 Å². The fourth-order valence-electron chi connectivity index (χ4n) is 1.64. The molecule has 0 aliphatic heterocycles. The Morgan fingerprint density at radius 3 is 2.69 bits per heavy atom. The molecule has 2 atom stereocenters. The van der Waals surface area contributed by atoms with E-state index in [0.717, 1.165) is 6.42 Å². The van der Waals surface area contributed by atoms with Gasteiger partial charge in [0, 0.05) is 28.1 Å². The van der Waals surface area contributed by atoms with E-state index >= 15 is 0 Å². The second-order valence-corrected chi connectivity index (χ2v) is 4.74. The van der Waals surface area contributed by atoms with E-state index in [1.54, 1.807) is 12.1 Å². The van der Waals surface area contributed by atoms with Crippen LogP contribution in [0.25, 0.3) is 0 Å².